The zero-order chi connectivity index (χ0) is 37.0. The molecule has 0 radical (unpaired) electrons. The number of aryl methyl sites for hydroxylation is 1. The van der Waals surface area contributed by atoms with Gasteiger partial charge in [-0.1, -0.05) is 66.8 Å². The monoisotopic (exact) mass is 758 g/mol. The molecule has 1 aliphatic carbocycles. The van der Waals surface area contributed by atoms with Crippen molar-refractivity contribution in [2.45, 2.75) is 148 Å². The summed E-state index contributed by atoms with van der Waals surface area (Å²) in [6.45, 7) is 6.79. The fourth-order valence-corrected chi connectivity index (χ4v) is 10.1. The average Bonchev–Trinajstić information content (AvgIpc) is 3.60. The second-order valence-electron chi connectivity index (χ2n) is 15.6. The first-order valence-corrected chi connectivity index (χ1v) is 22.2. The van der Waals surface area contributed by atoms with Gasteiger partial charge in [0.25, 0.3) is 0 Å². The Balaban J connectivity index is 1.44. The van der Waals surface area contributed by atoms with Crippen molar-refractivity contribution in [3.63, 3.8) is 0 Å². The summed E-state index contributed by atoms with van der Waals surface area (Å²) in [5.74, 6) is 3.35. The second kappa shape index (κ2) is 20.2. The molecule has 1 saturated heterocycles. The lowest BCUT2D eigenvalue weighted by molar-refractivity contribution is -0.148. The number of nitrogens with one attached hydrogen (secondary N) is 1. The molecule has 290 valence electrons. The van der Waals surface area contributed by atoms with Gasteiger partial charge in [0.1, 0.15) is 12.2 Å². The van der Waals surface area contributed by atoms with Gasteiger partial charge < -0.3 is 35.6 Å². The number of rotatable bonds is 4. The highest BCUT2D eigenvalue weighted by Gasteiger charge is 2.40. The molecule has 0 spiro atoms. The van der Waals surface area contributed by atoms with Crippen LogP contribution in [0.25, 0.3) is 6.08 Å². The van der Waals surface area contributed by atoms with Gasteiger partial charge in [-0.15, -0.1) is 0 Å². The maximum atomic E-state index is 13.8. The number of ether oxygens (including phenoxy) is 2. The summed E-state index contributed by atoms with van der Waals surface area (Å²) in [5, 5.41) is 26.2. The van der Waals surface area contributed by atoms with Gasteiger partial charge in [-0.25, -0.2) is 4.99 Å². The summed E-state index contributed by atoms with van der Waals surface area (Å²) in [5.41, 5.74) is 8.73. The first kappa shape index (κ1) is 40.6. The zero-order valence-corrected chi connectivity index (χ0v) is 33.2. The van der Waals surface area contributed by atoms with Crippen LogP contribution >= 0.6 is 21.6 Å². The Morgan fingerprint density at radius 1 is 1.12 bits per heavy atom. The van der Waals surface area contributed by atoms with Gasteiger partial charge in [0.05, 0.1) is 12.0 Å². The molecule has 0 aromatic heterocycles. The van der Waals surface area contributed by atoms with E-state index >= 15 is 0 Å². The van der Waals surface area contributed by atoms with Crippen LogP contribution < -0.4 is 15.8 Å². The fourth-order valence-electron chi connectivity index (χ4n) is 8.32. The lowest BCUT2D eigenvalue weighted by Crippen LogP contribution is -2.37. The van der Waals surface area contributed by atoms with Crippen LogP contribution in [-0.2, 0) is 27.3 Å². The summed E-state index contributed by atoms with van der Waals surface area (Å²) in [4.78, 5) is 32.4. The second-order valence-corrected chi connectivity index (χ2v) is 18.2. The zero-order valence-electron chi connectivity index (χ0n) is 31.5. The predicted octanol–water partition coefficient (Wildman–Crippen LogP) is 7.33. The van der Waals surface area contributed by atoms with Crippen molar-refractivity contribution in [3.8, 4) is 11.5 Å². The molecule has 10 nitrogen and oxygen atoms in total. The Bertz CT molecular complexity index is 1410. The number of fused-ring (bicyclic) bond motifs is 7. The summed E-state index contributed by atoms with van der Waals surface area (Å²) in [6.07, 6.45) is 15.9. The van der Waals surface area contributed by atoms with Crippen LogP contribution in [0, 0.1) is 17.8 Å². The third kappa shape index (κ3) is 11.7. The van der Waals surface area contributed by atoms with Crippen LogP contribution in [0.2, 0.25) is 0 Å². The molecule has 4 aliphatic rings. The normalized spacial score (nSPS) is 28.6. The van der Waals surface area contributed by atoms with Crippen molar-refractivity contribution in [2.75, 3.05) is 18.2 Å². The number of amides is 1. The van der Waals surface area contributed by atoms with Gasteiger partial charge >= 0.3 is 5.97 Å². The Morgan fingerprint density at radius 3 is 2.75 bits per heavy atom. The van der Waals surface area contributed by atoms with Crippen LogP contribution in [0.5, 0.6) is 11.5 Å². The number of aromatic hydroxyl groups is 1. The SMILES string of the molecule is CC(=O)O[C@@H]1CCc2cc(c(O)c3c2C=C[C@H]2CCC[C@H]2O3)CN2C(=O)C[C@H](CCNC(N)=NCSSCCCCCC[C@H](O)C1)[C@@H]2CCC(C)C. The van der Waals surface area contributed by atoms with Gasteiger partial charge in [0.15, 0.2) is 17.5 Å². The molecular formula is C40H62N4O6S2. The van der Waals surface area contributed by atoms with Gasteiger partial charge in [-0.2, -0.15) is 0 Å². The number of aliphatic hydroxyl groups is 1. The average molecular weight is 759 g/mol. The summed E-state index contributed by atoms with van der Waals surface area (Å²) in [7, 11) is 3.50. The molecule has 5 N–H and O–H groups in total. The number of phenols is 1. The van der Waals surface area contributed by atoms with Crippen molar-refractivity contribution in [1.29, 1.82) is 0 Å². The van der Waals surface area contributed by atoms with E-state index in [2.05, 4.69) is 36.3 Å². The van der Waals surface area contributed by atoms with E-state index in [9.17, 15) is 19.8 Å². The number of hydrogen-bond acceptors (Lipinski definition) is 11. The number of aliphatic hydroxyl groups excluding tert-OH is 1. The third-order valence-electron chi connectivity index (χ3n) is 11.1. The summed E-state index contributed by atoms with van der Waals surface area (Å²) < 4.78 is 12.4. The molecule has 4 bridgehead atoms. The van der Waals surface area contributed by atoms with Crippen LogP contribution in [0.1, 0.15) is 127 Å². The van der Waals surface area contributed by atoms with Crippen LogP contribution in [0.15, 0.2) is 17.1 Å². The van der Waals surface area contributed by atoms with Gasteiger partial charge in [-0.3, -0.25) is 9.59 Å². The molecule has 5 rings (SSSR count). The third-order valence-corrected chi connectivity index (χ3v) is 13.3. The molecule has 1 saturated carbocycles. The highest BCUT2D eigenvalue weighted by molar-refractivity contribution is 8.76. The van der Waals surface area contributed by atoms with Gasteiger partial charge in [0, 0.05) is 61.7 Å². The largest absolute Gasteiger partial charge is 0.504 e. The number of nitrogens with two attached hydrogens (primary N) is 1. The topological polar surface area (TPSA) is 147 Å². The lowest BCUT2D eigenvalue weighted by atomic mass is 9.90. The van der Waals surface area contributed by atoms with Crippen LogP contribution in [0.3, 0.4) is 0 Å². The number of phenolic OH excluding ortho intramolecular Hbond substituents is 1. The lowest BCUT2D eigenvalue weighted by Gasteiger charge is -2.30. The number of nitrogens with zero attached hydrogens (tertiary/aromatic N) is 2. The smallest absolute Gasteiger partial charge is 0.302 e. The predicted molar refractivity (Wildman–Crippen MR) is 212 cm³/mol. The van der Waals surface area contributed by atoms with E-state index in [1.807, 2.05) is 11.0 Å². The van der Waals surface area contributed by atoms with E-state index < -0.39 is 12.2 Å². The van der Waals surface area contributed by atoms with E-state index in [0.29, 0.717) is 74.3 Å². The molecule has 2 fully saturated rings. The van der Waals surface area contributed by atoms with E-state index in [1.165, 1.54) is 6.92 Å². The van der Waals surface area contributed by atoms with Crippen molar-refractivity contribution in [2.24, 2.45) is 28.5 Å². The molecule has 3 heterocycles. The molecular weight excluding hydrogens is 697 g/mol. The van der Waals surface area contributed by atoms with Crippen LogP contribution in [-0.4, -0.2) is 75.5 Å². The minimum absolute atomic E-state index is 0.00173. The first-order valence-electron chi connectivity index (χ1n) is 19.7. The molecule has 0 unspecified atom stereocenters. The number of carbonyl (C=O) groups excluding carboxylic acids is 2. The molecule has 52 heavy (non-hydrogen) atoms. The standard InChI is InChI=1S/C40H62N4O6S2/c1-26(2)12-17-35-30-18-19-42-40(41)43-25-52-51-20-7-5-4-6-10-32(46)23-33(49-27(3)45)15-13-29-21-31(24-44(35)37(47)22-30)38(48)39-34(29)16-14-28-9-8-11-36(28)50-39/h14,16,21,26,28,30,32-33,35-36,46,48H,4-13,15,17-20,22-25H2,1-3H3,(H3,41,42,43)/t28-,30+,32+,33-,35+,36-/m1/s1. The molecule has 3 aliphatic heterocycles. The maximum Gasteiger partial charge on any atom is 0.302 e. The quantitative estimate of drug-likeness (QED) is 0.182. The van der Waals surface area contributed by atoms with E-state index in [-0.39, 0.29) is 41.6 Å². The number of guanidine groups is 1. The molecule has 6 atom stereocenters. The molecule has 1 aromatic rings. The van der Waals surface area contributed by atoms with E-state index in [0.717, 1.165) is 81.1 Å². The number of carbonyl (C=O) groups is 2. The fraction of sp³-hybridized carbons (Fsp3) is 0.725. The summed E-state index contributed by atoms with van der Waals surface area (Å²) in [6, 6.07) is 2.07. The van der Waals surface area contributed by atoms with Crippen molar-refractivity contribution < 1.29 is 29.3 Å². The highest BCUT2D eigenvalue weighted by atomic mass is 33.1. The first-order chi connectivity index (χ1) is 25.1. The maximum absolute atomic E-state index is 13.8. The highest BCUT2D eigenvalue weighted by Crippen LogP contribution is 2.45. The molecule has 1 aromatic carbocycles. The Kier molecular flexibility index (Phi) is 15.8. The number of esters is 1. The van der Waals surface area contributed by atoms with E-state index in [4.69, 9.17) is 15.2 Å². The van der Waals surface area contributed by atoms with Gasteiger partial charge in [-0.05, 0) is 87.7 Å². The molecule has 1 amide bonds. The van der Waals surface area contributed by atoms with E-state index in [1.54, 1.807) is 21.6 Å². The minimum Gasteiger partial charge on any atom is -0.504 e. The van der Waals surface area contributed by atoms with Crippen molar-refractivity contribution in [3.05, 3.63) is 28.8 Å². The number of aliphatic imine (C=N–C) groups is 1. The van der Waals surface area contributed by atoms with Gasteiger partial charge in [0.2, 0.25) is 5.91 Å². The molecule has 12 heteroatoms. The number of hydrogen-bond donors (Lipinski definition) is 4. The number of benzene rings is 1. The van der Waals surface area contributed by atoms with Crippen molar-refractivity contribution in [1.82, 2.24) is 10.2 Å². The summed E-state index contributed by atoms with van der Waals surface area (Å²) >= 11 is 0. The Hall–Kier alpha value is -2.57. The van der Waals surface area contributed by atoms with Crippen molar-refractivity contribution >= 4 is 45.5 Å². The Morgan fingerprint density at radius 2 is 1.94 bits per heavy atom. The Labute approximate surface area is 318 Å². The minimum atomic E-state index is -0.559. The van der Waals surface area contributed by atoms with Crippen LogP contribution in [0.4, 0.5) is 0 Å².